The molecule has 2 aliphatic carbocycles. The molecule has 0 radical (unpaired) electrons. The van der Waals surface area contributed by atoms with Gasteiger partial charge in [-0.25, -0.2) is 0 Å². The third-order valence-corrected chi connectivity index (χ3v) is 8.41. The molecule has 0 aromatic rings. The highest BCUT2D eigenvalue weighted by Crippen LogP contribution is 2.67. The first-order valence-corrected chi connectivity index (χ1v) is 9.79. The van der Waals surface area contributed by atoms with Crippen LogP contribution < -0.4 is 0 Å². The van der Waals surface area contributed by atoms with E-state index in [1.54, 1.807) is 0 Å². The summed E-state index contributed by atoms with van der Waals surface area (Å²) in [4.78, 5) is 0. The molecule has 0 amide bonds. The minimum Gasteiger partial charge on any atom is -0.394 e. The molecule has 4 heteroatoms. The van der Waals surface area contributed by atoms with Crippen molar-refractivity contribution in [3.63, 3.8) is 0 Å². The van der Waals surface area contributed by atoms with Crippen molar-refractivity contribution in [1.29, 1.82) is 0 Å². The second-order valence-electron chi connectivity index (χ2n) is 10.0. The van der Waals surface area contributed by atoms with Gasteiger partial charge in [-0.1, -0.05) is 27.2 Å². The molecule has 24 heavy (non-hydrogen) atoms. The Morgan fingerprint density at radius 2 is 1.71 bits per heavy atom. The molecule has 2 saturated carbocycles. The molecule has 0 spiro atoms. The van der Waals surface area contributed by atoms with E-state index in [2.05, 4.69) is 27.7 Å². The molecule has 4 aliphatic rings. The standard InChI is InChI=1S/C20H34O4/c1-17(2)7-5-8-18(3)13(17)6-9-19(4)14(18)10-15(23-19)20(12-22)16(11-21)24-20/h13-16,21-22H,5-12H2,1-4H3/t13-,14+,15-,16+,18-,19+,20-/m0/s1. The minimum atomic E-state index is -0.662. The Kier molecular flexibility index (Phi) is 3.73. The number of hydrogen-bond donors (Lipinski definition) is 2. The van der Waals surface area contributed by atoms with Gasteiger partial charge in [-0.2, -0.15) is 0 Å². The highest BCUT2D eigenvalue weighted by atomic mass is 16.7. The predicted molar refractivity (Wildman–Crippen MR) is 91.6 cm³/mol. The second kappa shape index (κ2) is 5.18. The Balaban J connectivity index is 1.63. The minimum absolute atomic E-state index is 0.0330. The molecular weight excluding hydrogens is 304 g/mol. The maximum absolute atomic E-state index is 9.90. The number of ether oxygens (including phenoxy) is 2. The van der Waals surface area contributed by atoms with E-state index in [1.807, 2.05) is 0 Å². The molecule has 4 rings (SSSR count). The van der Waals surface area contributed by atoms with Crippen LogP contribution in [0, 0.1) is 22.7 Å². The normalized spacial score (nSPS) is 55.8. The molecule has 4 fully saturated rings. The first-order valence-electron chi connectivity index (χ1n) is 9.79. The lowest BCUT2D eigenvalue weighted by molar-refractivity contribution is -0.161. The SMILES string of the molecule is CC1(C)CCC[C@]2(C)[C@H]3C[C@@H]([C@]4(CO)O[C@@H]4CO)O[C@]3(C)CC[C@@H]12. The van der Waals surface area contributed by atoms with Gasteiger partial charge in [0.15, 0.2) is 0 Å². The van der Waals surface area contributed by atoms with Gasteiger partial charge in [-0.05, 0) is 61.7 Å². The van der Waals surface area contributed by atoms with Crippen LogP contribution in [-0.2, 0) is 9.47 Å². The number of aliphatic hydroxyl groups is 2. The van der Waals surface area contributed by atoms with E-state index in [0.29, 0.717) is 16.7 Å². The first kappa shape index (κ1) is 17.3. The molecule has 2 N–H and O–H groups in total. The van der Waals surface area contributed by atoms with E-state index in [1.165, 1.54) is 25.7 Å². The van der Waals surface area contributed by atoms with Gasteiger partial charge in [0.1, 0.15) is 11.7 Å². The zero-order valence-electron chi connectivity index (χ0n) is 15.7. The lowest BCUT2D eigenvalue weighted by Crippen LogP contribution is -2.55. The van der Waals surface area contributed by atoms with Crippen LogP contribution in [0.15, 0.2) is 0 Å². The topological polar surface area (TPSA) is 62.2 Å². The third kappa shape index (κ3) is 2.12. The van der Waals surface area contributed by atoms with Crippen LogP contribution in [0.4, 0.5) is 0 Å². The second-order valence-corrected chi connectivity index (χ2v) is 10.0. The average molecular weight is 338 g/mol. The summed E-state index contributed by atoms with van der Waals surface area (Å²) in [6, 6.07) is 0. The van der Waals surface area contributed by atoms with Gasteiger partial charge in [0.2, 0.25) is 0 Å². The largest absolute Gasteiger partial charge is 0.394 e. The van der Waals surface area contributed by atoms with Crippen LogP contribution in [0.3, 0.4) is 0 Å². The summed E-state index contributed by atoms with van der Waals surface area (Å²) >= 11 is 0. The summed E-state index contributed by atoms with van der Waals surface area (Å²) < 4.78 is 12.3. The molecule has 0 unspecified atom stereocenters. The van der Waals surface area contributed by atoms with Gasteiger partial charge < -0.3 is 19.7 Å². The lowest BCUT2D eigenvalue weighted by atomic mass is 9.45. The molecule has 0 aromatic heterocycles. The molecule has 138 valence electrons. The van der Waals surface area contributed by atoms with Crippen LogP contribution in [0.5, 0.6) is 0 Å². The van der Waals surface area contributed by atoms with Gasteiger partial charge in [0.25, 0.3) is 0 Å². The first-order chi connectivity index (χ1) is 11.2. The van der Waals surface area contributed by atoms with E-state index < -0.39 is 5.60 Å². The van der Waals surface area contributed by atoms with Crippen molar-refractivity contribution >= 4 is 0 Å². The zero-order chi connectivity index (χ0) is 17.4. The number of epoxide rings is 1. The Labute approximate surface area is 145 Å². The van der Waals surface area contributed by atoms with Crippen molar-refractivity contribution in [3.8, 4) is 0 Å². The molecule has 0 aromatic carbocycles. The van der Waals surface area contributed by atoms with Gasteiger partial charge in [0, 0.05) is 0 Å². The van der Waals surface area contributed by atoms with E-state index in [0.717, 1.165) is 18.8 Å². The maximum Gasteiger partial charge on any atom is 0.146 e. The number of aliphatic hydroxyl groups excluding tert-OH is 2. The Morgan fingerprint density at radius 3 is 2.33 bits per heavy atom. The average Bonchev–Trinajstić information content (AvgIpc) is 3.13. The molecule has 2 aliphatic heterocycles. The monoisotopic (exact) mass is 338 g/mol. The maximum atomic E-state index is 9.90. The van der Waals surface area contributed by atoms with E-state index in [-0.39, 0.29) is 31.0 Å². The highest BCUT2D eigenvalue weighted by Gasteiger charge is 2.69. The molecule has 4 nitrogen and oxygen atoms in total. The van der Waals surface area contributed by atoms with Crippen LogP contribution in [0.1, 0.15) is 66.2 Å². The molecule has 7 atom stereocenters. The van der Waals surface area contributed by atoms with Gasteiger partial charge in [0.05, 0.1) is 24.9 Å². The van der Waals surface area contributed by atoms with Crippen molar-refractivity contribution in [2.24, 2.45) is 22.7 Å². The number of hydrogen-bond acceptors (Lipinski definition) is 4. The van der Waals surface area contributed by atoms with Crippen molar-refractivity contribution < 1.29 is 19.7 Å². The fraction of sp³-hybridized carbons (Fsp3) is 1.00. The fourth-order valence-electron chi connectivity index (χ4n) is 7.10. The highest BCUT2D eigenvalue weighted by molar-refractivity contribution is 5.17. The van der Waals surface area contributed by atoms with Gasteiger partial charge in [-0.15, -0.1) is 0 Å². The molecule has 0 bridgehead atoms. The molecule has 2 saturated heterocycles. The van der Waals surface area contributed by atoms with Crippen molar-refractivity contribution in [3.05, 3.63) is 0 Å². The van der Waals surface area contributed by atoms with E-state index in [4.69, 9.17) is 9.47 Å². The van der Waals surface area contributed by atoms with Crippen molar-refractivity contribution in [1.82, 2.24) is 0 Å². The van der Waals surface area contributed by atoms with E-state index in [9.17, 15) is 10.2 Å². The van der Waals surface area contributed by atoms with Crippen LogP contribution in [0.2, 0.25) is 0 Å². The Bertz CT molecular complexity index is 520. The van der Waals surface area contributed by atoms with Gasteiger partial charge in [-0.3, -0.25) is 0 Å². The summed E-state index contributed by atoms with van der Waals surface area (Å²) in [5.41, 5.74) is -0.0584. The smallest absolute Gasteiger partial charge is 0.146 e. The number of rotatable bonds is 3. The molecule has 2 heterocycles. The third-order valence-electron chi connectivity index (χ3n) is 8.41. The van der Waals surface area contributed by atoms with Crippen LogP contribution >= 0.6 is 0 Å². The summed E-state index contributed by atoms with van der Waals surface area (Å²) in [5, 5.41) is 19.4. The van der Waals surface area contributed by atoms with Crippen molar-refractivity contribution in [2.75, 3.05) is 13.2 Å². The quantitative estimate of drug-likeness (QED) is 0.777. The van der Waals surface area contributed by atoms with Crippen LogP contribution in [-0.4, -0.2) is 46.8 Å². The molecular formula is C20H34O4. The predicted octanol–water partition coefficient (Wildman–Crippen LogP) is 2.90. The van der Waals surface area contributed by atoms with Crippen LogP contribution in [0.25, 0.3) is 0 Å². The lowest BCUT2D eigenvalue weighted by Gasteiger charge is -2.60. The summed E-state index contributed by atoms with van der Waals surface area (Å²) in [6.07, 6.45) is 6.86. The number of fused-ring (bicyclic) bond motifs is 3. The Hall–Kier alpha value is -0.160. The fourth-order valence-corrected chi connectivity index (χ4v) is 7.10. The summed E-state index contributed by atoms with van der Waals surface area (Å²) in [5.74, 6) is 1.26. The Morgan fingerprint density at radius 1 is 0.958 bits per heavy atom. The summed E-state index contributed by atoms with van der Waals surface area (Å²) in [7, 11) is 0. The van der Waals surface area contributed by atoms with Crippen molar-refractivity contribution in [2.45, 2.75) is 89.6 Å². The summed E-state index contributed by atoms with van der Waals surface area (Å²) in [6.45, 7) is 9.58. The zero-order valence-corrected chi connectivity index (χ0v) is 15.7. The van der Waals surface area contributed by atoms with E-state index >= 15 is 0 Å². The van der Waals surface area contributed by atoms with Gasteiger partial charge >= 0.3 is 0 Å².